The fourth-order valence-electron chi connectivity index (χ4n) is 5.02. The Morgan fingerprint density at radius 3 is 2.53 bits per heavy atom. The van der Waals surface area contributed by atoms with E-state index in [4.69, 9.17) is 10.5 Å². The van der Waals surface area contributed by atoms with Gasteiger partial charge in [-0.15, -0.1) is 0 Å². The third-order valence-corrected chi connectivity index (χ3v) is 6.04. The Morgan fingerprint density at radius 2 is 1.87 bits per heavy atom. The number of fused-ring (bicyclic) bond motifs is 5. The predicted octanol–water partition coefficient (Wildman–Crippen LogP) is 4.46. The summed E-state index contributed by atoms with van der Waals surface area (Å²) in [6, 6.07) is 18.5. The van der Waals surface area contributed by atoms with Gasteiger partial charge in [0, 0.05) is 23.6 Å². The lowest BCUT2D eigenvalue weighted by Crippen LogP contribution is -2.58. The molecule has 156 valence electrons. The molecule has 0 aliphatic carbocycles. The van der Waals surface area contributed by atoms with Gasteiger partial charge in [-0.25, -0.2) is 4.79 Å². The summed E-state index contributed by atoms with van der Waals surface area (Å²) in [5, 5.41) is 9.66. The second-order valence-corrected chi connectivity index (χ2v) is 8.93. The van der Waals surface area contributed by atoms with Crippen LogP contribution in [-0.2, 0) is 10.3 Å². The molecule has 0 bridgehead atoms. The number of carbonyl (C=O) groups is 1. The maximum Gasteiger partial charge on any atom is 0.416 e. The molecular formula is C24H28N4O2. The number of hydrogen-bond donors (Lipinski definition) is 1. The average Bonchev–Trinajstić information content (AvgIpc) is 2.97. The smallest absolute Gasteiger partial charge is 0.416 e. The largest absolute Gasteiger partial charge is 0.443 e. The van der Waals surface area contributed by atoms with Crippen LogP contribution in [-0.4, -0.2) is 24.9 Å². The fraction of sp³-hybridized carbons (Fsp3) is 0.417. The highest BCUT2D eigenvalue weighted by atomic mass is 16.6. The first-order chi connectivity index (χ1) is 14.3. The van der Waals surface area contributed by atoms with Gasteiger partial charge in [0.05, 0.1) is 17.3 Å². The van der Waals surface area contributed by atoms with Crippen molar-refractivity contribution in [2.45, 2.75) is 50.7 Å². The number of hydrogen-bond acceptors (Lipinski definition) is 5. The van der Waals surface area contributed by atoms with Crippen LogP contribution in [0, 0.1) is 11.3 Å². The molecule has 2 aromatic carbocycles. The van der Waals surface area contributed by atoms with Crippen molar-refractivity contribution in [3.63, 3.8) is 0 Å². The first kappa shape index (κ1) is 20.2. The Morgan fingerprint density at radius 1 is 1.20 bits per heavy atom. The minimum Gasteiger partial charge on any atom is -0.443 e. The molecule has 2 N–H and O–H groups in total. The molecule has 0 unspecified atom stereocenters. The van der Waals surface area contributed by atoms with E-state index in [0.717, 1.165) is 22.5 Å². The van der Waals surface area contributed by atoms with Crippen LogP contribution in [0.4, 0.5) is 16.2 Å². The molecule has 2 heterocycles. The lowest BCUT2D eigenvalue weighted by molar-refractivity contribution is 0.0572. The minimum absolute atomic E-state index is 0.0239. The number of para-hydroxylation sites is 2. The number of rotatable bonds is 3. The zero-order chi connectivity index (χ0) is 21.5. The van der Waals surface area contributed by atoms with Gasteiger partial charge in [0.1, 0.15) is 12.3 Å². The van der Waals surface area contributed by atoms with Crippen LogP contribution in [0.25, 0.3) is 0 Å². The number of ether oxygens (including phenoxy) is 1. The van der Waals surface area contributed by atoms with E-state index in [9.17, 15) is 10.1 Å². The van der Waals surface area contributed by atoms with Crippen LogP contribution < -0.4 is 15.5 Å². The third kappa shape index (κ3) is 3.01. The molecule has 0 radical (unpaired) electrons. The maximum atomic E-state index is 13.1. The highest BCUT2D eigenvalue weighted by molar-refractivity contribution is 5.92. The molecule has 4 rings (SSSR count). The molecule has 2 atom stereocenters. The van der Waals surface area contributed by atoms with Crippen molar-refractivity contribution in [3.8, 4) is 6.07 Å². The summed E-state index contributed by atoms with van der Waals surface area (Å²) in [6.07, 6.45) is 0.694. The molecule has 0 fully saturated rings. The summed E-state index contributed by atoms with van der Waals surface area (Å²) in [4.78, 5) is 17.1. The van der Waals surface area contributed by atoms with E-state index in [2.05, 4.69) is 29.2 Å². The van der Waals surface area contributed by atoms with Crippen molar-refractivity contribution in [1.29, 1.82) is 5.26 Å². The number of anilines is 2. The van der Waals surface area contributed by atoms with E-state index in [0.29, 0.717) is 26.1 Å². The summed E-state index contributed by atoms with van der Waals surface area (Å²) in [5.41, 5.74) is 9.09. The Hall–Kier alpha value is -3.04. The SMILES string of the molecule is CC(C)(C)OC(=O)N1CN2c3ccccc3[C@@H](CC#N)[C@]2(CCN)c2ccccc21. The molecule has 30 heavy (non-hydrogen) atoms. The van der Waals surface area contributed by atoms with Gasteiger partial charge >= 0.3 is 6.09 Å². The molecule has 0 aromatic heterocycles. The molecule has 6 heteroatoms. The molecule has 6 nitrogen and oxygen atoms in total. The Bertz CT molecular complexity index is 1010. The third-order valence-electron chi connectivity index (χ3n) is 6.04. The number of carbonyl (C=O) groups excluding carboxylic acids is 1. The molecule has 2 aliphatic heterocycles. The fourth-order valence-corrected chi connectivity index (χ4v) is 5.02. The number of nitrogens with zero attached hydrogens (tertiary/aromatic N) is 3. The van der Waals surface area contributed by atoms with Gasteiger partial charge in [-0.05, 0) is 51.4 Å². The first-order valence-electron chi connectivity index (χ1n) is 10.4. The molecule has 2 aliphatic rings. The van der Waals surface area contributed by atoms with Gasteiger partial charge in [0.2, 0.25) is 0 Å². The summed E-state index contributed by atoms with van der Waals surface area (Å²) < 4.78 is 5.72. The highest BCUT2D eigenvalue weighted by Gasteiger charge is 2.56. The zero-order valence-electron chi connectivity index (χ0n) is 17.8. The van der Waals surface area contributed by atoms with Crippen LogP contribution >= 0.6 is 0 Å². The normalized spacial score (nSPS) is 22.0. The summed E-state index contributed by atoms with van der Waals surface area (Å²) in [5.74, 6) is -0.0239. The Balaban J connectivity index is 1.93. The van der Waals surface area contributed by atoms with Gasteiger partial charge in [-0.1, -0.05) is 36.4 Å². The van der Waals surface area contributed by atoms with E-state index in [1.807, 2.05) is 51.1 Å². The van der Waals surface area contributed by atoms with E-state index in [1.165, 1.54) is 0 Å². The molecule has 0 saturated carbocycles. The minimum atomic E-state index is -0.593. The average molecular weight is 405 g/mol. The number of nitrogens with two attached hydrogens (primary N) is 1. The number of benzene rings is 2. The van der Waals surface area contributed by atoms with Gasteiger partial charge in [-0.3, -0.25) is 4.90 Å². The molecule has 0 saturated heterocycles. The van der Waals surface area contributed by atoms with Crippen LogP contribution in [0.5, 0.6) is 0 Å². The van der Waals surface area contributed by atoms with Gasteiger partial charge in [0.15, 0.2) is 0 Å². The van der Waals surface area contributed by atoms with Crippen LogP contribution in [0.1, 0.15) is 50.7 Å². The van der Waals surface area contributed by atoms with Crippen molar-refractivity contribution >= 4 is 17.5 Å². The Labute approximate surface area is 177 Å². The summed E-state index contributed by atoms with van der Waals surface area (Å²) in [7, 11) is 0. The maximum absolute atomic E-state index is 13.1. The highest BCUT2D eigenvalue weighted by Crippen LogP contribution is 2.59. The van der Waals surface area contributed by atoms with Crippen LogP contribution in [0.2, 0.25) is 0 Å². The summed E-state index contributed by atoms with van der Waals surface area (Å²) in [6.45, 7) is 6.44. The van der Waals surface area contributed by atoms with E-state index >= 15 is 0 Å². The lowest BCUT2D eigenvalue weighted by Gasteiger charge is -2.51. The molecule has 0 spiro atoms. The van der Waals surface area contributed by atoms with Crippen molar-refractivity contribution in [3.05, 3.63) is 59.7 Å². The molecular weight excluding hydrogens is 376 g/mol. The monoisotopic (exact) mass is 404 g/mol. The van der Waals surface area contributed by atoms with Crippen LogP contribution in [0.3, 0.4) is 0 Å². The topological polar surface area (TPSA) is 82.6 Å². The second kappa shape index (κ2) is 7.33. The van der Waals surface area contributed by atoms with Gasteiger partial charge in [-0.2, -0.15) is 5.26 Å². The van der Waals surface area contributed by atoms with Crippen molar-refractivity contribution in [2.24, 2.45) is 5.73 Å². The van der Waals surface area contributed by atoms with E-state index in [1.54, 1.807) is 4.90 Å². The predicted molar refractivity (Wildman–Crippen MR) is 117 cm³/mol. The second-order valence-electron chi connectivity index (χ2n) is 8.93. The van der Waals surface area contributed by atoms with Crippen molar-refractivity contribution < 1.29 is 9.53 Å². The van der Waals surface area contributed by atoms with Crippen molar-refractivity contribution in [2.75, 3.05) is 23.0 Å². The zero-order valence-corrected chi connectivity index (χ0v) is 17.8. The van der Waals surface area contributed by atoms with Crippen LogP contribution in [0.15, 0.2) is 48.5 Å². The van der Waals surface area contributed by atoms with Gasteiger partial charge < -0.3 is 15.4 Å². The van der Waals surface area contributed by atoms with Crippen molar-refractivity contribution in [1.82, 2.24) is 0 Å². The Kier molecular flexibility index (Phi) is 4.95. The lowest BCUT2D eigenvalue weighted by atomic mass is 9.72. The van der Waals surface area contributed by atoms with Gasteiger partial charge in [0.25, 0.3) is 0 Å². The molecule has 2 aromatic rings. The van der Waals surface area contributed by atoms with E-state index < -0.39 is 11.1 Å². The van der Waals surface area contributed by atoms with E-state index in [-0.39, 0.29) is 12.0 Å². The first-order valence-corrected chi connectivity index (χ1v) is 10.4. The number of nitriles is 1. The standard InChI is InChI=1S/C24H28N4O2/c1-23(2,3)30-22(29)27-16-28-20-10-6-4-8-17(20)18(12-14-25)24(28,13-15-26)19-9-5-7-11-21(19)27/h4-11,18H,12-13,15-16,26H2,1-3H3/t18-,24-/m1/s1. The molecule has 1 amide bonds. The summed E-state index contributed by atoms with van der Waals surface area (Å²) >= 11 is 0. The number of amides is 1. The quantitative estimate of drug-likeness (QED) is 0.817.